The largest absolute Gasteiger partial charge is 0.493 e. The summed E-state index contributed by atoms with van der Waals surface area (Å²) in [5.41, 5.74) is 3.12. The summed E-state index contributed by atoms with van der Waals surface area (Å²) in [7, 11) is 3.18. The molecule has 0 fully saturated rings. The number of hydrogen-bond acceptors (Lipinski definition) is 7. The zero-order valence-corrected chi connectivity index (χ0v) is 20.2. The molecule has 0 spiro atoms. The van der Waals surface area contributed by atoms with Gasteiger partial charge in [-0.2, -0.15) is 5.10 Å². The quantitative estimate of drug-likeness (QED) is 0.352. The molecule has 0 aliphatic carbocycles. The lowest BCUT2D eigenvalue weighted by Crippen LogP contribution is -2.24. The van der Waals surface area contributed by atoms with Crippen molar-refractivity contribution in [3.05, 3.63) is 77.6 Å². The summed E-state index contributed by atoms with van der Waals surface area (Å²) in [5, 5.41) is 12.5. The second-order valence-electron chi connectivity index (χ2n) is 7.62. The van der Waals surface area contributed by atoms with E-state index in [-0.39, 0.29) is 24.8 Å². The van der Waals surface area contributed by atoms with E-state index in [0.717, 1.165) is 16.1 Å². The molecule has 2 aromatic carbocycles. The first-order valence-corrected chi connectivity index (χ1v) is 11.7. The topological polar surface area (TPSA) is 107 Å². The molecule has 0 saturated carbocycles. The lowest BCUT2D eigenvalue weighted by molar-refractivity contribution is -0.120. The minimum Gasteiger partial charge on any atom is -0.493 e. The van der Waals surface area contributed by atoms with E-state index in [1.807, 2.05) is 41.8 Å². The molecule has 0 unspecified atom stereocenters. The van der Waals surface area contributed by atoms with Crippen LogP contribution in [-0.4, -0.2) is 40.8 Å². The molecule has 2 aromatic heterocycles. The van der Waals surface area contributed by atoms with Gasteiger partial charge < -0.3 is 20.1 Å². The molecule has 2 heterocycles. The molecule has 0 radical (unpaired) electrons. The lowest BCUT2D eigenvalue weighted by atomic mass is 10.2. The SMILES string of the molecule is COc1ccc(-c2nc(CC(=O)NCc3cccc(NC(=O)Cn4cccn4)c3)cs2)cc1OC. The first-order chi connectivity index (χ1) is 17.0. The Morgan fingerprint density at radius 2 is 1.89 bits per heavy atom. The first kappa shape index (κ1) is 24.0. The van der Waals surface area contributed by atoms with Crippen LogP contribution in [0.1, 0.15) is 11.3 Å². The molecule has 2 N–H and O–H groups in total. The maximum Gasteiger partial charge on any atom is 0.246 e. The van der Waals surface area contributed by atoms with Crippen LogP contribution in [0.3, 0.4) is 0 Å². The summed E-state index contributed by atoms with van der Waals surface area (Å²) >= 11 is 1.47. The summed E-state index contributed by atoms with van der Waals surface area (Å²) in [6.45, 7) is 0.473. The molecule has 9 nitrogen and oxygen atoms in total. The number of anilines is 1. The molecule has 0 aliphatic rings. The van der Waals surface area contributed by atoms with Crippen LogP contribution in [0, 0.1) is 0 Å². The van der Waals surface area contributed by atoms with Crippen LogP contribution in [0.2, 0.25) is 0 Å². The van der Waals surface area contributed by atoms with E-state index < -0.39 is 0 Å². The predicted molar refractivity (Wildman–Crippen MR) is 134 cm³/mol. The summed E-state index contributed by atoms with van der Waals surface area (Å²) in [4.78, 5) is 29.3. The number of nitrogens with zero attached hydrogens (tertiary/aromatic N) is 3. The van der Waals surface area contributed by atoms with Crippen molar-refractivity contribution in [3.8, 4) is 22.1 Å². The van der Waals surface area contributed by atoms with Gasteiger partial charge in [-0.1, -0.05) is 12.1 Å². The van der Waals surface area contributed by atoms with Gasteiger partial charge in [0, 0.05) is 35.6 Å². The average molecular weight is 492 g/mol. The lowest BCUT2D eigenvalue weighted by Gasteiger charge is -2.09. The Balaban J connectivity index is 1.30. The molecular formula is C25H25N5O4S. The highest BCUT2D eigenvalue weighted by Gasteiger charge is 2.12. The molecule has 35 heavy (non-hydrogen) atoms. The number of amides is 2. The van der Waals surface area contributed by atoms with E-state index in [2.05, 4.69) is 20.7 Å². The van der Waals surface area contributed by atoms with Gasteiger partial charge in [-0.05, 0) is 42.0 Å². The molecule has 0 saturated heterocycles. The van der Waals surface area contributed by atoms with Crippen LogP contribution < -0.4 is 20.1 Å². The first-order valence-electron chi connectivity index (χ1n) is 10.8. The molecule has 0 aliphatic heterocycles. The third-order valence-electron chi connectivity index (χ3n) is 5.09. The third-order valence-corrected chi connectivity index (χ3v) is 6.03. The Labute approximate surface area is 206 Å². The number of carbonyl (C=O) groups excluding carboxylic acids is 2. The smallest absolute Gasteiger partial charge is 0.246 e. The number of methoxy groups -OCH3 is 2. The minimum atomic E-state index is -0.177. The minimum absolute atomic E-state index is 0.132. The van der Waals surface area contributed by atoms with Gasteiger partial charge in [-0.15, -0.1) is 11.3 Å². The van der Waals surface area contributed by atoms with E-state index in [4.69, 9.17) is 9.47 Å². The number of ether oxygens (including phenoxy) is 2. The number of aromatic nitrogens is 3. The molecule has 10 heteroatoms. The highest BCUT2D eigenvalue weighted by atomic mass is 32.1. The monoisotopic (exact) mass is 491 g/mol. The molecule has 4 aromatic rings. The van der Waals surface area contributed by atoms with Crippen LogP contribution in [0.15, 0.2) is 66.3 Å². The van der Waals surface area contributed by atoms with Gasteiger partial charge in [0.25, 0.3) is 0 Å². The van der Waals surface area contributed by atoms with Gasteiger partial charge in [-0.3, -0.25) is 14.3 Å². The van der Waals surface area contributed by atoms with E-state index in [9.17, 15) is 9.59 Å². The Morgan fingerprint density at radius 3 is 2.66 bits per heavy atom. The van der Waals surface area contributed by atoms with E-state index in [1.165, 1.54) is 11.3 Å². The Hall–Kier alpha value is -4.18. The zero-order chi connectivity index (χ0) is 24.6. The summed E-state index contributed by atoms with van der Waals surface area (Å²) in [6, 6.07) is 14.7. The van der Waals surface area contributed by atoms with Crippen molar-refractivity contribution >= 4 is 28.8 Å². The molecule has 0 atom stereocenters. The van der Waals surface area contributed by atoms with Crippen molar-refractivity contribution < 1.29 is 19.1 Å². The number of benzene rings is 2. The fourth-order valence-corrected chi connectivity index (χ4v) is 4.24. The van der Waals surface area contributed by atoms with Gasteiger partial charge in [0.2, 0.25) is 11.8 Å². The Morgan fingerprint density at radius 1 is 1.03 bits per heavy atom. The molecule has 180 valence electrons. The predicted octanol–water partition coefficient (Wildman–Crippen LogP) is 3.52. The highest BCUT2D eigenvalue weighted by Crippen LogP contribution is 2.33. The summed E-state index contributed by atoms with van der Waals surface area (Å²) in [5.74, 6) is 0.958. The molecule has 2 amide bonds. The number of thiazole rings is 1. The Bertz CT molecular complexity index is 1300. The molecular weight excluding hydrogens is 466 g/mol. The standard InChI is InChI=1S/C25H25N5O4S/c1-33-21-8-7-18(12-22(21)34-2)25-29-20(16-35-25)13-23(31)26-14-17-5-3-6-19(11-17)28-24(32)15-30-10-4-9-27-30/h3-12,16H,13-15H2,1-2H3,(H,26,31)(H,28,32). The van der Waals surface area contributed by atoms with Crippen LogP contribution in [0.5, 0.6) is 11.5 Å². The van der Waals surface area contributed by atoms with Crippen LogP contribution in [0.4, 0.5) is 5.69 Å². The summed E-state index contributed by atoms with van der Waals surface area (Å²) in [6.07, 6.45) is 3.52. The highest BCUT2D eigenvalue weighted by molar-refractivity contribution is 7.13. The second-order valence-corrected chi connectivity index (χ2v) is 8.48. The molecule has 4 rings (SSSR count). The van der Waals surface area contributed by atoms with E-state index >= 15 is 0 Å². The van der Waals surface area contributed by atoms with Gasteiger partial charge in [-0.25, -0.2) is 4.98 Å². The fourth-order valence-electron chi connectivity index (χ4n) is 3.42. The van der Waals surface area contributed by atoms with Gasteiger partial charge in [0.1, 0.15) is 11.6 Å². The van der Waals surface area contributed by atoms with Crippen molar-refractivity contribution in [2.75, 3.05) is 19.5 Å². The molecule has 0 bridgehead atoms. The van der Waals surface area contributed by atoms with Crippen molar-refractivity contribution in [1.82, 2.24) is 20.1 Å². The zero-order valence-electron chi connectivity index (χ0n) is 19.4. The van der Waals surface area contributed by atoms with Crippen molar-refractivity contribution in [2.45, 2.75) is 19.5 Å². The van der Waals surface area contributed by atoms with E-state index in [1.54, 1.807) is 43.4 Å². The van der Waals surface area contributed by atoms with Crippen molar-refractivity contribution in [3.63, 3.8) is 0 Å². The van der Waals surface area contributed by atoms with Gasteiger partial charge >= 0.3 is 0 Å². The van der Waals surface area contributed by atoms with E-state index in [0.29, 0.717) is 29.4 Å². The van der Waals surface area contributed by atoms with Crippen LogP contribution in [0.25, 0.3) is 10.6 Å². The van der Waals surface area contributed by atoms with Gasteiger partial charge in [0.15, 0.2) is 11.5 Å². The number of rotatable bonds is 10. The number of hydrogen-bond donors (Lipinski definition) is 2. The van der Waals surface area contributed by atoms with Crippen molar-refractivity contribution in [2.24, 2.45) is 0 Å². The normalized spacial score (nSPS) is 10.6. The van der Waals surface area contributed by atoms with Gasteiger partial charge in [0.05, 0.1) is 26.3 Å². The Kier molecular flexibility index (Phi) is 7.74. The number of nitrogens with one attached hydrogen (secondary N) is 2. The maximum absolute atomic E-state index is 12.5. The van der Waals surface area contributed by atoms with Crippen LogP contribution >= 0.6 is 11.3 Å². The second kappa shape index (κ2) is 11.3. The van der Waals surface area contributed by atoms with Crippen molar-refractivity contribution in [1.29, 1.82) is 0 Å². The third kappa shape index (κ3) is 6.45. The summed E-state index contributed by atoms with van der Waals surface area (Å²) < 4.78 is 12.2. The number of carbonyl (C=O) groups is 2. The average Bonchev–Trinajstić information content (AvgIpc) is 3.55. The fraction of sp³-hybridized carbons (Fsp3) is 0.200. The van der Waals surface area contributed by atoms with Crippen LogP contribution in [-0.2, 0) is 29.1 Å². The maximum atomic E-state index is 12.5.